The highest BCUT2D eigenvalue weighted by Crippen LogP contribution is 2.48. The molecular formula is C19H22N2O3. The Morgan fingerprint density at radius 2 is 2.00 bits per heavy atom. The maximum Gasteiger partial charge on any atom is 0.228 e. The third-order valence-electron chi connectivity index (χ3n) is 4.81. The second-order valence-corrected chi connectivity index (χ2v) is 6.50. The van der Waals surface area contributed by atoms with E-state index in [2.05, 4.69) is 16.3 Å². The number of rotatable bonds is 5. The van der Waals surface area contributed by atoms with E-state index in [1.165, 1.54) is 0 Å². The Labute approximate surface area is 141 Å². The minimum atomic E-state index is 0.0209. The highest BCUT2D eigenvalue weighted by molar-refractivity contribution is 5.95. The van der Waals surface area contributed by atoms with E-state index in [1.807, 2.05) is 30.3 Å². The summed E-state index contributed by atoms with van der Waals surface area (Å²) in [5.41, 5.74) is 2.07. The van der Waals surface area contributed by atoms with Gasteiger partial charge in [0.15, 0.2) is 0 Å². The number of benzene rings is 1. The number of morpholine rings is 1. The average Bonchev–Trinajstić information content (AvgIpc) is 3.23. The standard InChI is InChI=1S/C19H22N2O3/c22-19(16-12-15(16)18-6-3-9-24-18)20-17-5-2-1-4-14(17)13-21-7-10-23-11-8-21/h1-6,9,15-16H,7-8,10-13H2,(H,20,22)/t15-,16-/m1/s1. The van der Waals surface area contributed by atoms with E-state index in [9.17, 15) is 4.79 Å². The third-order valence-corrected chi connectivity index (χ3v) is 4.81. The van der Waals surface area contributed by atoms with E-state index in [4.69, 9.17) is 9.15 Å². The smallest absolute Gasteiger partial charge is 0.228 e. The number of ether oxygens (including phenoxy) is 1. The summed E-state index contributed by atoms with van der Waals surface area (Å²) in [6, 6.07) is 11.9. The van der Waals surface area contributed by atoms with Crippen LogP contribution < -0.4 is 5.32 Å². The number of amides is 1. The Kier molecular flexibility index (Phi) is 4.36. The van der Waals surface area contributed by atoms with Crippen LogP contribution in [0.5, 0.6) is 0 Å². The molecule has 126 valence electrons. The van der Waals surface area contributed by atoms with E-state index in [0.29, 0.717) is 0 Å². The maximum atomic E-state index is 12.5. The first kappa shape index (κ1) is 15.4. The molecule has 2 aliphatic rings. The number of hydrogen-bond acceptors (Lipinski definition) is 4. The summed E-state index contributed by atoms with van der Waals surface area (Å²) in [5, 5.41) is 3.12. The lowest BCUT2D eigenvalue weighted by Crippen LogP contribution is -2.35. The van der Waals surface area contributed by atoms with Crippen molar-refractivity contribution in [1.29, 1.82) is 0 Å². The molecule has 2 heterocycles. The SMILES string of the molecule is O=C(Nc1ccccc1CN1CCOCC1)[C@@H]1C[C@H]1c1ccco1. The van der Waals surface area contributed by atoms with Crippen molar-refractivity contribution in [2.75, 3.05) is 31.6 Å². The summed E-state index contributed by atoms with van der Waals surface area (Å²) in [6.07, 6.45) is 2.53. The molecule has 0 bridgehead atoms. The minimum Gasteiger partial charge on any atom is -0.469 e. The molecule has 1 amide bonds. The molecule has 1 N–H and O–H groups in total. The molecule has 1 saturated carbocycles. The van der Waals surface area contributed by atoms with Gasteiger partial charge >= 0.3 is 0 Å². The number of furan rings is 1. The monoisotopic (exact) mass is 326 g/mol. The second-order valence-electron chi connectivity index (χ2n) is 6.50. The Morgan fingerprint density at radius 3 is 2.79 bits per heavy atom. The van der Waals surface area contributed by atoms with E-state index in [0.717, 1.165) is 56.3 Å². The van der Waals surface area contributed by atoms with Crippen LogP contribution in [0.25, 0.3) is 0 Å². The van der Waals surface area contributed by atoms with Crippen molar-refractivity contribution in [1.82, 2.24) is 4.90 Å². The van der Waals surface area contributed by atoms with Crippen LogP contribution in [0.3, 0.4) is 0 Å². The molecule has 0 spiro atoms. The summed E-state index contributed by atoms with van der Waals surface area (Å²) < 4.78 is 10.8. The Hall–Kier alpha value is -2.11. The first-order chi connectivity index (χ1) is 11.8. The lowest BCUT2D eigenvalue weighted by atomic mass is 10.1. The number of hydrogen-bond donors (Lipinski definition) is 1. The van der Waals surface area contributed by atoms with Crippen LogP contribution in [0.1, 0.15) is 23.7 Å². The highest BCUT2D eigenvalue weighted by Gasteiger charge is 2.45. The van der Waals surface area contributed by atoms with Crippen LogP contribution in [0, 0.1) is 5.92 Å². The molecule has 2 fully saturated rings. The van der Waals surface area contributed by atoms with E-state index >= 15 is 0 Å². The van der Waals surface area contributed by atoms with Crippen molar-refractivity contribution < 1.29 is 13.9 Å². The zero-order valence-electron chi connectivity index (χ0n) is 13.6. The van der Waals surface area contributed by atoms with Gasteiger partial charge in [-0.15, -0.1) is 0 Å². The number of nitrogens with one attached hydrogen (secondary N) is 1. The number of carbonyl (C=O) groups excluding carboxylic acids is 1. The van der Waals surface area contributed by atoms with Gasteiger partial charge in [-0.2, -0.15) is 0 Å². The summed E-state index contributed by atoms with van der Waals surface area (Å²) >= 11 is 0. The predicted octanol–water partition coefficient (Wildman–Crippen LogP) is 2.85. The molecule has 1 aliphatic heterocycles. The number of anilines is 1. The molecule has 0 unspecified atom stereocenters. The van der Waals surface area contributed by atoms with Gasteiger partial charge in [-0.3, -0.25) is 9.69 Å². The fraction of sp³-hybridized carbons (Fsp3) is 0.421. The molecule has 1 aromatic heterocycles. The Morgan fingerprint density at radius 1 is 1.17 bits per heavy atom. The average molecular weight is 326 g/mol. The Bertz CT molecular complexity index is 692. The number of para-hydroxylation sites is 1. The summed E-state index contributed by atoms with van der Waals surface area (Å²) in [5.74, 6) is 1.25. The molecule has 5 heteroatoms. The van der Waals surface area contributed by atoms with Gasteiger partial charge in [0.25, 0.3) is 0 Å². The van der Waals surface area contributed by atoms with Crippen molar-refractivity contribution in [3.8, 4) is 0 Å². The van der Waals surface area contributed by atoms with Crippen LogP contribution in [0.15, 0.2) is 47.1 Å². The van der Waals surface area contributed by atoms with Crippen molar-refractivity contribution in [3.05, 3.63) is 54.0 Å². The van der Waals surface area contributed by atoms with Gasteiger partial charge in [-0.1, -0.05) is 18.2 Å². The lowest BCUT2D eigenvalue weighted by Gasteiger charge is -2.27. The predicted molar refractivity (Wildman–Crippen MR) is 90.7 cm³/mol. The van der Waals surface area contributed by atoms with Gasteiger partial charge in [-0.25, -0.2) is 0 Å². The van der Waals surface area contributed by atoms with E-state index < -0.39 is 0 Å². The van der Waals surface area contributed by atoms with Crippen molar-refractivity contribution in [3.63, 3.8) is 0 Å². The minimum absolute atomic E-state index is 0.0209. The van der Waals surface area contributed by atoms with Gasteiger partial charge in [0, 0.05) is 37.2 Å². The first-order valence-electron chi connectivity index (χ1n) is 8.53. The fourth-order valence-corrected chi connectivity index (χ4v) is 3.31. The molecule has 0 radical (unpaired) electrons. The van der Waals surface area contributed by atoms with Crippen molar-refractivity contribution >= 4 is 11.6 Å². The normalized spacial score (nSPS) is 23.8. The van der Waals surface area contributed by atoms with Crippen molar-refractivity contribution in [2.24, 2.45) is 5.92 Å². The number of carbonyl (C=O) groups is 1. The molecule has 4 rings (SSSR count). The van der Waals surface area contributed by atoms with Crippen LogP contribution >= 0.6 is 0 Å². The van der Waals surface area contributed by atoms with Crippen LogP contribution in [-0.2, 0) is 16.1 Å². The summed E-state index contributed by atoms with van der Waals surface area (Å²) in [7, 11) is 0. The Balaban J connectivity index is 1.40. The van der Waals surface area contributed by atoms with E-state index in [-0.39, 0.29) is 17.7 Å². The van der Waals surface area contributed by atoms with Gasteiger partial charge in [0.2, 0.25) is 5.91 Å². The fourth-order valence-electron chi connectivity index (χ4n) is 3.31. The summed E-state index contributed by atoms with van der Waals surface area (Å²) in [6.45, 7) is 4.27. The van der Waals surface area contributed by atoms with Crippen LogP contribution in [-0.4, -0.2) is 37.1 Å². The number of nitrogens with zero attached hydrogens (tertiary/aromatic N) is 1. The third kappa shape index (κ3) is 3.37. The zero-order valence-corrected chi connectivity index (χ0v) is 13.6. The zero-order chi connectivity index (χ0) is 16.4. The molecule has 5 nitrogen and oxygen atoms in total. The molecule has 1 aromatic carbocycles. The maximum absolute atomic E-state index is 12.5. The quantitative estimate of drug-likeness (QED) is 0.918. The van der Waals surface area contributed by atoms with Gasteiger partial charge in [0.1, 0.15) is 5.76 Å². The van der Waals surface area contributed by atoms with Gasteiger partial charge in [0.05, 0.1) is 19.5 Å². The molecular weight excluding hydrogens is 304 g/mol. The van der Waals surface area contributed by atoms with E-state index in [1.54, 1.807) is 6.26 Å². The molecule has 2 atom stereocenters. The largest absolute Gasteiger partial charge is 0.469 e. The first-order valence-corrected chi connectivity index (χ1v) is 8.53. The lowest BCUT2D eigenvalue weighted by molar-refractivity contribution is -0.117. The van der Waals surface area contributed by atoms with Crippen LogP contribution in [0.2, 0.25) is 0 Å². The highest BCUT2D eigenvalue weighted by atomic mass is 16.5. The second kappa shape index (κ2) is 6.79. The van der Waals surface area contributed by atoms with Crippen molar-refractivity contribution in [2.45, 2.75) is 18.9 Å². The topological polar surface area (TPSA) is 54.7 Å². The molecule has 1 aliphatic carbocycles. The summed E-state index contributed by atoms with van der Waals surface area (Å²) in [4.78, 5) is 14.9. The van der Waals surface area contributed by atoms with Crippen LogP contribution in [0.4, 0.5) is 5.69 Å². The van der Waals surface area contributed by atoms with Gasteiger partial charge < -0.3 is 14.5 Å². The molecule has 2 aromatic rings. The molecule has 24 heavy (non-hydrogen) atoms. The van der Waals surface area contributed by atoms with Gasteiger partial charge in [-0.05, 0) is 30.2 Å². The molecule has 1 saturated heterocycles.